The lowest BCUT2D eigenvalue weighted by Crippen LogP contribution is -2.12. The molecule has 25 heavy (non-hydrogen) atoms. The molecule has 1 saturated carbocycles. The fourth-order valence-corrected chi connectivity index (χ4v) is 3.67. The Morgan fingerprint density at radius 1 is 0.920 bits per heavy atom. The highest BCUT2D eigenvalue weighted by Crippen LogP contribution is 2.31. The molecule has 0 bridgehead atoms. The van der Waals surface area contributed by atoms with Crippen LogP contribution in [-0.2, 0) is 6.42 Å². The van der Waals surface area contributed by atoms with Gasteiger partial charge in [0.1, 0.15) is 0 Å². The molecule has 0 radical (unpaired) electrons. The molecule has 1 aromatic carbocycles. The van der Waals surface area contributed by atoms with E-state index in [4.69, 9.17) is 0 Å². The van der Waals surface area contributed by atoms with Gasteiger partial charge in [0.05, 0.1) is 0 Å². The predicted molar refractivity (Wildman–Crippen MR) is 111 cm³/mol. The summed E-state index contributed by atoms with van der Waals surface area (Å²) in [5.74, 6) is 8.03. The first kappa shape index (κ1) is 19.6. The average molecular weight is 335 g/mol. The molecule has 0 aromatic heterocycles. The topological polar surface area (TPSA) is 0 Å². The summed E-state index contributed by atoms with van der Waals surface area (Å²) in [5.41, 5.74) is 2.66. The summed E-state index contributed by atoms with van der Waals surface area (Å²) < 4.78 is 0. The van der Waals surface area contributed by atoms with E-state index in [0.717, 1.165) is 11.8 Å². The SMILES string of the molecule is CCCCc1ccc(C=CC#CC=C[C@H]2CC[C@H](CCC)CC2)cc1. The van der Waals surface area contributed by atoms with E-state index in [0.29, 0.717) is 0 Å². The van der Waals surface area contributed by atoms with Crippen LogP contribution >= 0.6 is 0 Å². The summed E-state index contributed by atoms with van der Waals surface area (Å²) in [6.45, 7) is 4.54. The van der Waals surface area contributed by atoms with Crippen LogP contribution in [0.15, 0.2) is 42.5 Å². The normalized spacial score (nSPS) is 20.7. The van der Waals surface area contributed by atoms with E-state index in [1.807, 2.05) is 6.08 Å². The van der Waals surface area contributed by atoms with Crippen molar-refractivity contribution < 1.29 is 0 Å². The Kier molecular flexibility index (Phi) is 9.21. The number of benzene rings is 1. The molecule has 134 valence electrons. The number of aryl methyl sites for hydroxylation is 1. The van der Waals surface area contributed by atoms with Crippen LogP contribution in [-0.4, -0.2) is 0 Å². The van der Waals surface area contributed by atoms with Gasteiger partial charge in [-0.3, -0.25) is 0 Å². The first-order chi connectivity index (χ1) is 12.3. The lowest BCUT2D eigenvalue weighted by Gasteiger charge is -2.26. The third kappa shape index (κ3) is 7.78. The van der Waals surface area contributed by atoms with Crippen LogP contribution in [0.5, 0.6) is 0 Å². The first-order valence-electron chi connectivity index (χ1n) is 10.2. The van der Waals surface area contributed by atoms with Gasteiger partial charge in [0.25, 0.3) is 0 Å². The Morgan fingerprint density at radius 2 is 1.64 bits per heavy atom. The summed E-state index contributed by atoms with van der Waals surface area (Å²) in [6.07, 6.45) is 20.4. The minimum absolute atomic E-state index is 0.752. The van der Waals surface area contributed by atoms with Gasteiger partial charge in [-0.25, -0.2) is 0 Å². The predicted octanol–water partition coefficient (Wildman–Crippen LogP) is 7.21. The summed E-state index contributed by atoms with van der Waals surface area (Å²) >= 11 is 0. The molecular formula is C25H34. The number of allylic oxidation sites excluding steroid dienone is 3. The summed E-state index contributed by atoms with van der Waals surface area (Å²) in [6, 6.07) is 8.84. The molecule has 0 unspecified atom stereocenters. The molecule has 0 heteroatoms. The van der Waals surface area contributed by atoms with Crippen LogP contribution in [0.4, 0.5) is 0 Å². The molecule has 0 spiro atoms. The summed E-state index contributed by atoms with van der Waals surface area (Å²) in [4.78, 5) is 0. The van der Waals surface area contributed by atoms with Crippen LogP contribution in [0.2, 0.25) is 0 Å². The van der Waals surface area contributed by atoms with E-state index in [9.17, 15) is 0 Å². The van der Waals surface area contributed by atoms with Crippen molar-refractivity contribution in [1.29, 1.82) is 0 Å². The molecule has 0 N–H and O–H groups in total. The fourth-order valence-electron chi connectivity index (χ4n) is 3.67. The molecule has 0 atom stereocenters. The second-order valence-corrected chi connectivity index (χ2v) is 7.40. The van der Waals surface area contributed by atoms with E-state index in [-0.39, 0.29) is 0 Å². The molecular weight excluding hydrogens is 300 g/mol. The second kappa shape index (κ2) is 11.8. The minimum Gasteiger partial charge on any atom is -0.0730 e. The monoisotopic (exact) mass is 334 g/mol. The van der Waals surface area contributed by atoms with Crippen LogP contribution in [0.3, 0.4) is 0 Å². The van der Waals surface area contributed by atoms with Crippen molar-refractivity contribution in [3.63, 3.8) is 0 Å². The first-order valence-corrected chi connectivity index (χ1v) is 10.2. The number of rotatable bonds is 7. The molecule has 0 aliphatic heterocycles. The minimum atomic E-state index is 0.752. The van der Waals surface area contributed by atoms with E-state index >= 15 is 0 Å². The molecule has 2 rings (SSSR count). The van der Waals surface area contributed by atoms with Gasteiger partial charge in [-0.05, 0) is 79.7 Å². The number of hydrogen-bond acceptors (Lipinski definition) is 0. The Labute approximate surface area is 155 Å². The molecule has 0 saturated heterocycles. The Morgan fingerprint density at radius 3 is 2.32 bits per heavy atom. The quantitative estimate of drug-likeness (QED) is 0.462. The van der Waals surface area contributed by atoms with Gasteiger partial charge >= 0.3 is 0 Å². The van der Waals surface area contributed by atoms with Gasteiger partial charge in [0.2, 0.25) is 0 Å². The van der Waals surface area contributed by atoms with Crippen molar-refractivity contribution >= 4 is 6.08 Å². The fraction of sp³-hybridized carbons (Fsp3) is 0.520. The maximum absolute atomic E-state index is 3.16. The van der Waals surface area contributed by atoms with Crippen molar-refractivity contribution in [3.8, 4) is 11.8 Å². The molecule has 1 aliphatic rings. The standard InChI is InChI=1S/C25H34/c1-3-5-11-23-18-20-25(21-19-23)13-9-7-6-8-12-24-16-14-22(10-4-2)15-17-24/h8-9,12-13,18-22,24H,3-5,10-11,14-17H2,1-2H3/t22-,24-. The van der Waals surface area contributed by atoms with E-state index < -0.39 is 0 Å². The lowest BCUT2D eigenvalue weighted by atomic mass is 9.80. The van der Waals surface area contributed by atoms with Crippen LogP contribution in [0, 0.1) is 23.7 Å². The highest BCUT2D eigenvalue weighted by molar-refractivity contribution is 5.53. The largest absolute Gasteiger partial charge is 0.0730 e. The third-order valence-electron chi connectivity index (χ3n) is 5.28. The molecule has 1 fully saturated rings. The summed E-state index contributed by atoms with van der Waals surface area (Å²) in [7, 11) is 0. The van der Waals surface area contributed by atoms with Gasteiger partial charge < -0.3 is 0 Å². The zero-order valence-corrected chi connectivity index (χ0v) is 16.1. The third-order valence-corrected chi connectivity index (χ3v) is 5.28. The van der Waals surface area contributed by atoms with Gasteiger partial charge in [-0.2, -0.15) is 0 Å². The molecule has 0 nitrogen and oxygen atoms in total. The highest BCUT2D eigenvalue weighted by atomic mass is 14.2. The summed E-state index contributed by atoms with van der Waals surface area (Å²) in [5, 5.41) is 0. The van der Waals surface area contributed by atoms with Crippen LogP contribution < -0.4 is 0 Å². The molecule has 0 amide bonds. The van der Waals surface area contributed by atoms with Crippen molar-refractivity contribution in [1.82, 2.24) is 0 Å². The average Bonchev–Trinajstić information content (AvgIpc) is 2.65. The van der Waals surface area contributed by atoms with Crippen LogP contribution in [0.25, 0.3) is 6.08 Å². The zero-order valence-electron chi connectivity index (χ0n) is 16.1. The van der Waals surface area contributed by atoms with Gasteiger partial charge in [0, 0.05) is 0 Å². The Bertz CT molecular complexity index is 583. The maximum Gasteiger partial charge on any atom is -0.0109 e. The van der Waals surface area contributed by atoms with E-state index in [1.165, 1.54) is 68.9 Å². The number of unbranched alkanes of at least 4 members (excludes halogenated alkanes) is 1. The van der Waals surface area contributed by atoms with Gasteiger partial charge in [0.15, 0.2) is 0 Å². The lowest BCUT2D eigenvalue weighted by molar-refractivity contribution is 0.294. The Hall–Kier alpha value is -1.74. The molecule has 1 aliphatic carbocycles. The second-order valence-electron chi connectivity index (χ2n) is 7.40. The smallest absolute Gasteiger partial charge is 0.0109 e. The van der Waals surface area contributed by atoms with E-state index in [1.54, 1.807) is 0 Å². The van der Waals surface area contributed by atoms with Crippen molar-refractivity contribution in [2.75, 3.05) is 0 Å². The number of hydrogen-bond donors (Lipinski definition) is 0. The van der Waals surface area contributed by atoms with Gasteiger partial charge in [-0.15, -0.1) is 0 Å². The Balaban J connectivity index is 1.72. The zero-order chi connectivity index (χ0) is 17.7. The van der Waals surface area contributed by atoms with Crippen LogP contribution in [0.1, 0.15) is 76.3 Å². The van der Waals surface area contributed by atoms with Gasteiger partial charge in [-0.1, -0.05) is 75.3 Å². The van der Waals surface area contributed by atoms with Crippen molar-refractivity contribution in [2.24, 2.45) is 11.8 Å². The van der Waals surface area contributed by atoms with E-state index in [2.05, 4.69) is 68.2 Å². The maximum atomic E-state index is 3.16. The molecule has 0 heterocycles. The van der Waals surface area contributed by atoms with Crippen molar-refractivity contribution in [3.05, 3.63) is 53.6 Å². The van der Waals surface area contributed by atoms with Crippen molar-refractivity contribution in [2.45, 2.75) is 71.6 Å². The highest BCUT2D eigenvalue weighted by Gasteiger charge is 2.18. The molecule has 1 aromatic rings.